The van der Waals surface area contributed by atoms with Crippen molar-refractivity contribution >= 4 is 30.6 Å². The van der Waals surface area contributed by atoms with Gasteiger partial charge >= 0.3 is 6.18 Å². The molecule has 25 heavy (non-hydrogen) atoms. The Balaban J connectivity index is 2.16. The maximum absolute atomic E-state index is 13.0. The molecule has 3 rings (SSSR count). The zero-order valence-corrected chi connectivity index (χ0v) is 15.8. The summed E-state index contributed by atoms with van der Waals surface area (Å²) >= 11 is -0.752. The Morgan fingerprint density at radius 1 is 1.24 bits per heavy atom. The molecule has 3 nitrogen and oxygen atoms in total. The number of fused-ring (bicyclic) bond motifs is 1. The van der Waals surface area contributed by atoms with Crippen LogP contribution < -0.4 is 4.74 Å². The molecule has 0 saturated heterocycles. The third-order valence-corrected chi connectivity index (χ3v) is 5.58. The first-order valence-corrected chi connectivity index (χ1v) is 9.79. The molecule has 0 amide bonds. The summed E-state index contributed by atoms with van der Waals surface area (Å²) in [5.41, 5.74) is 0.641. The van der Waals surface area contributed by atoms with Gasteiger partial charge in [-0.3, -0.25) is 5.21 Å². The second-order valence-corrected chi connectivity index (χ2v) is 8.65. The Hall–Kier alpha value is -1.61. The first-order valence-electron chi connectivity index (χ1n) is 7.58. The maximum Gasteiger partial charge on any atom is 0.416 e. The van der Waals surface area contributed by atoms with Crippen LogP contribution in [0.2, 0.25) is 0 Å². The first kappa shape index (κ1) is 18.2. The van der Waals surface area contributed by atoms with E-state index in [1.807, 2.05) is 36.1 Å². The Labute approximate surface area is 154 Å². The molecule has 2 aliphatic rings. The predicted molar refractivity (Wildman–Crippen MR) is 99.6 cm³/mol. The van der Waals surface area contributed by atoms with Crippen LogP contribution in [-0.4, -0.2) is 19.1 Å². The van der Waals surface area contributed by atoms with Crippen molar-refractivity contribution in [3.63, 3.8) is 0 Å². The van der Waals surface area contributed by atoms with Gasteiger partial charge in [-0.15, -0.1) is 0 Å². The number of rotatable bonds is 1. The highest BCUT2D eigenvalue weighted by Crippen LogP contribution is 2.43. The number of alkyl halides is 3. The van der Waals surface area contributed by atoms with E-state index in [1.54, 1.807) is 6.08 Å². The molecule has 7 heteroatoms. The third kappa shape index (κ3) is 3.98. The molecule has 134 valence electrons. The predicted octanol–water partition coefficient (Wildman–Crippen LogP) is 5.34. The molecule has 0 saturated carbocycles. The Kier molecular flexibility index (Phi) is 4.80. The highest BCUT2D eigenvalue weighted by molar-refractivity contribution is 14.2. The summed E-state index contributed by atoms with van der Waals surface area (Å²) in [6, 6.07) is 3.49. The minimum atomic E-state index is -4.43. The SMILES string of the molecule is CC1(C)C=C(C2=CC=CC=IN2O)c2ccc(C(F)(F)F)cc2OC1. The van der Waals surface area contributed by atoms with Crippen molar-refractivity contribution in [1.82, 2.24) is 3.28 Å². The van der Waals surface area contributed by atoms with E-state index >= 15 is 0 Å². The summed E-state index contributed by atoms with van der Waals surface area (Å²) < 4.78 is 47.9. The normalized spacial score (nSPS) is 19.7. The topological polar surface area (TPSA) is 32.7 Å². The fraction of sp³-hybridized carbons (Fsp3) is 0.278. The largest absolute Gasteiger partial charge is 0.492 e. The van der Waals surface area contributed by atoms with Gasteiger partial charge in [-0.2, -0.15) is 13.2 Å². The number of allylic oxidation sites excluding steroid dienone is 4. The van der Waals surface area contributed by atoms with Crippen LogP contribution in [0, 0.1) is 5.41 Å². The van der Waals surface area contributed by atoms with Crippen molar-refractivity contribution in [1.29, 1.82) is 0 Å². The maximum atomic E-state index is 13.0. The van der Waals surface area contributed by atoms with Crippen molar-refractivity contribution in [3.8, 4) is 5.75 Å². The summed E-state index contributed by atoms with van der Waals surface area (Å²) in [5, 5.41) is 10.4. The van der Waals surface area contributed by atoms with Crippen LogP contribution in [0.25, 0.3) is 5.57 Å². The van der Waals surface area contributed by atoms with E-state index in [-0.39, 0.29) is 12.4 Å². The first-order chi connectivity index (χ1) is 11.7. The monoisotopic (exact) mass is 463 g/mol. The molecule has 0 aromatic heterocycles. The van der Waals surface area contributed by atoms with E-state index in [0.29, 0.717) is 16.8 Å². The van der Waals surface area contributed by atoms with Crippen molar-refractivity contribution in [2.24, 2.45) is 5.41 Å². The average molecular weight is 463 g/mol. The quantitative estimate of drug-likeness (QED) is 0.451. The number of hydrogen-bond acceptors (Lipinski definition) is 3. The summed E-state index contributed by atoms with van der Waals surface area (Å²) in [7, 11) is 0. The Bertz CT molecular complexity index is 807. The lowest BCUT2D eigenvalue weighted by Gasteiger charge is -2.21. The zero-order valence-electron chi connectivity index (χ0n) is 13.6. The van der Waals surface area contributed by atoms with Gasteiger partial charge in [-0.05, 0) is 28.3 Å². The molecule has 0 atom stereocenters. The molecule has 2 aliphatic heterocycles. The van der Waals surface area contributed by atoms with Crippen LogP contribution in [0.3, 0.4) is 0 Å². The molecule has 1 aromatic rings. The van der Waals surface area contributed by atoms with Crippen LogP contribution >= 0.6 is 21.0 Å². The lowest BCUT2D eigenvalue weighted by molar-refractivity contribution is -0.137. The fourth-order valence-electron chi connectivity index (χ4n) is 2.60. The molecule has 0 fully saturated rings. The molecule has 2 heterocycles. The smallest absolute Gasteiger partial charge is 0.416 e. The average Bonchev–Trinajstić information content (AvgIpc) is 2.81. The number of ether oxygens (including phenoxy) is 1. The van der Waals surface area contributed by atoms with Crippen molar-refractivity contribution in [3.05, 3.63) is 59.3 Å². The van der Waals surface area contributed by atoms with Crippen molar-refractivity contribution < 1.29 is 23.1 Å². The summed E-state index contributed by atoms with van der Waals surface area (Å²) in [6.45, 7) is 4.14. The second-order valence-electron chi connectivity index (χ2n) is 6.46. The molecule has 1 aromatic carbocycles. The van der Waals surface area contributed by atoms with Crippen molar-refractivity contribution in [2.75, 3.05) is 6.61 Å². The zero-order chi connectivity index (χ0) is 18.2. The fourth-order valence-corrected chi connectivity index (χ4v) is 4.06. The second kappa shape index (κ2) is 6.60. The van der Waals surface area contributed by atoms with E-state index in [0.717, 1.165) is 12.1 Å². The minimum absolute atomic E-state index is 0.177. The molecule has 0 unspecified atom stereocenters. The standard InChI is InChI=1S/C18H17F3INO2/c1-17(2)10-14(15-5-3-4-8-22-23(15)24)13-7-6-12(18(19,20)21)9-16(13)25-11-17/h3-10,24H,11H2,1-2H3. The molecular formula is C18H17F3INO2. The number of halogens is 4. The van der Waals surface area contributed by atoms with Gasteiger partial charge in [0.1, 0.15) is 5.75 Å². The number of hydrogen-bond donors (Lipinski definition) is 1. The highest BCUT2D eigenvalue weighted by Gasteiger charge is 2.33. The van der Waals surface area contributed by atoms with Gasteiger partial charge in [-0.25, -0.2) is 3.28 Å². The summed E-state index contributed by atoms with van der Waals surface area (Å²) in [5.74, 6) is 0.177. The van der Waals surface area contributed by atoms with Crippen LogP contribution in [-0.2, 0) is 6.18 Å². The summed E-state index contributed by atoms with van der Waals surface area (Å²) in [4.78, 5) is 0. The van der Waals surface area contributed by atoms with Gasteiger partial charge in [0, 0.05) is 37.6 Å². The number of nitrogens with zero attached hydrogens (tertiary/aromatic N) is 1. The lowest BCUT2D eigenvalue weighted by Crippen LogP contribution is -2.18. The van der Waals surface area contributed by atoms with Gasteiger partial charge in [0.05, 0.1) is 17.9 Å². The van der Waals surface area contributed by atoms with E-state index < -0.39 is 38.2 Å². The molecule has 1 N–H and O–H groups in total. The molecule has 0 radical (unpaired) electrons. The molecule has 0 spiro atoms. The van der Waals surface area contributed by atoms with E-state index in [9.17, 15) is 18.4 Å². The van der Waals surface area contributed by atoms with Gasteiger partial charge in [0.25, 0.3) is 0 Å². The molecular weight excluding hydrogens is 446 g/mol. The van der Waals surface area contributed by atoms with Crippen molar-refractivity contribution in [2.45, 2.75) is 20.0 Å². The van der Waals surface area contributed by atoms with Gasteiger partial charge in [0.2, 0.25) is 0 Å². The highest BCUT2D eigenvalue weighted by atomic mass is 127. The minimum Gasteiger partial charge on any atom is -0.492 e. The van der Waals surface area contributed by atoms with E-state index in [1.165, 1.54) is 9.34 Å². The Morgan fingerprint density at radius 2 is 2.00 bits per heavy atom. The van der Waals surface area contributed by atoms with E-state index in [4.69, 9.17) is 4.74 Å². The number of hydroxylamine groups is 1. The summed E-state index contributed by atoms with van der Waals surface area (Å²) in [6.07, 6.45) is 2.95. The van der Waals surface area contributed by atoms with Crippen LogP contribution in [0.4, 0.5) is 13.2 Å². The third-order valence-electron chi connectivity index (χ3n) is 3.80. The van der Waals surface area contributed by atoms with Crippen LogP contribution in [0.1, 0.15) is 25.0 Å². The van der Waals surface area contributed by atoms with Crippen LogP contribution in [0.5, 0.6) is 5.75 Å². The molecule has 0 aliphatic carbocycles. The van der Waals surface area contributed by atoms with Gasteiger partial charge in [0.15, 0.2) is 0 Å². The van der Waals surface area contributed by atoms with Gasteiger partial charge < -0.3 is 4.74 Å². The molecule has 0 bridgehead atoms. The van der Waals surface area contributed by atoms with Gasteiger partial charge in [-0.1, -0.05) is 32.1 Å². The van der Waals surface area contributed by atoms with Crippen LogP contribution in [0.15, 0.2) is 48.2 Å². The lowest BCUT2D eigenvalue weighted by atomic mass is 9.89. The Morgan fingerprint density at radius 3 is 2.72 bits per heavy atom. The van der Waals surface area contributed by atoms with E-state index in [2.05, 4.69) is 0 Å². The number of benzene rings is 1.